The van der Waals surface area contributed by atoms with Crippen LogP contribution in [0.2, 0.25) is 0 Å². The Labute approximate surface area is 125 Å². The van der Waals surface area contributed by atoms with Gasteiger partial charge in [0.05, 0.1) is 0 Å². The maximum absolute atomic E-state index is 3.77. The van der Waals surface area contributed by atoms with Gasteiger partial charge in [-0.2, -0.15) is 0 Å². The molecule has 0 saturated carbocycles. The van der Waals surface area contributed by atoms with E-state index in [1.165, 1.54) is 38.5 Å². The molecule has 20 heavy (non-hydrogen) atoms. The van der Waals surface area contributed by atoms with Gasteiger partial charge in [0.2, 0.25) is 0 Å². The van der Waals surface area contributed by atoms with Gasteiger partial charge >= 0.3 is 0 Å². The van der Waals surface area contributed by atoms with Gasteiger partial charge in [0.25, 0.3) is 0 Å². The van der Waals surface area contributed by atoms with Crippen LogP contribution < -0.4 is 5.32 Å². The third kappa shape index (κ3) is 4.09. The lowest BCUT2D eigenvalue weighted by Crippen LogP contribution is -2.36. The van der Waals surface area contributed by atoms with Gasteiger partial charge in [0.1, 0.15) is 0 Å². The Balaban J connectivity index is 2.05. The largest absolute Gasteiger partial charge is 0.314 e. The first-order valence-corrected chi connectivity index (χ1v) is 8.53. The maximum Gasteiger partial charge on any atom is 0.0136 e. The van der Waals surface area contributed by atoms with E-state index in [0.29, 0.717) is 6.04 Å². The van der Waals surface area contributed by atoms with Crippen LogP contribution in [0, 0.1) is 5.92 Å². The first-order valence-electron chi connectivity index (χ1n) is 8.53. The average Bonchev–Trinajstić information content (AvgIpc) is 2.45. The van der Waals surface area contributed by atoms with Gasteiger partial charge in [-0.3, -0.25) is 0 Å². The topological polar surface area (TPSA) is 12.0 Å². The summed E-state index contributed by atoms with van der Waals surface area (Å²) in [5.41, 5.74) is 3.21. The second-order valence-electron chi connectivity index (χ2n) is 6.69. The highest BCUT2D eigenvalue weighted by Crippen LogP contribution is 2.35. The molecule has 0 aromatic heterocycles. The van der Waals surface area contributed by atoms with Crippen molar-refractivity contribution >= 4 is 0 Å². The molecule has 1 aliphatic rings. The molecule has 0 bridgehead atoms. The maximum atomic E-state index is 3.77. The monoisotopic (exact) mass is 273 g/mol. The number of rotatable bonds is 7. The summed E-state index contributed by atoms with van der Waals surface area (Å²) in [5, 5.41) is 3.77. The van der Waals surface area contributed by atoms with E-state index in [-0.39, 0.29) is 0 Å². The summed E-state index contributed by atoms with van der Waals surface area (Å²) in [5.74, 6) is 1.56. The van der Waals surface area contributed by atoms with Crippen LogP contribution in [-0.4, -0.2) is 12.6 Å². The van der Waals surface area contributed by atoms with E-state index in [9.17, 15) is 0 Å². The van der Waals surface area contributed by atoms with Gasteiger partial charge in [-0.15, -0.1) is 0 Å². The third-order valence-electron chi connectivity index (χ3n) is 4.66. The molecular weight excluding hydrogens is 242 g/mol. The highest BCUT2D eigenvalue weighted by Gasteiger charge is 2.26. The van der Waals surface area contributed by atoms with Gasteiger partial charge in [0.15, 0.2) is 0 Å². The van der Waals surface area contributed by atoms with Crippen molar-refractivity contribution < 1.29 is 0 Å². The molecule has 1 aliphatic carbocycles. The Morgan fingerprint density at radius 1 is 1.20 bits per heavy atom. The zero-order valence-corrected chi connectivity index (χ0v) is 13.5. The van der Waals surface area contributed by atoms with Crippen molar-refractivity contribution in [1.82, 2.24) is 5.32 Å². The van der Waals surface area contributed by atoms with Gasteiger partial charge in [-0.25, -0.2) is 0 Å². The van der Waals surface area contributed by atoms with Crippen molar-refractivity contribution in [2.45, 2.75) is 71.3 Å². The van der Waals surface area contributed by atoms with Crippen molar-refractivity contribution in [3.63, 3.8) is 0 Å². The predicted octanol–water partition coefficient (Wildman–Crippen LogP) is 4.91. The summed E-state index contributed by atoms with van der Waals surface area (Å²) in [4.78, 5) is 0. The van der Waals surface area contributed by atoms with Crippen LogP contribution in [0.4, 0.5) is 0 Å². The number of aryl methyl sites for hydroxylation is 1. The molecule has 2 unspecified atom stereocenters. The fraction of sp³-hybridized carbons (Fsp3) is 0.684. The molecule has 1 nitrogen and oxygen atoms in total. The van der Waals surface area contributed by atoms with Gasteiger partial charge in [0, 0.05) is 6.04 Å². The predicted molar refractivity (Wildman–Crippen MR) is 88.3 cm³/mol. The first-order chi connectivity index (χ1) is 9.72. The van der Waals surface area contributed by atoms with Gasteiger partial charge < -0.3 is 5.32 Å². The van der Waals surface area contributed by atoms with Crippen LogP contribution in [0.3, 0.4) is 0 Å². The van der Waals surface area contributed by atoms with E-state index in [0.717, 1.165) is 18.4 Å². The van der Waals surface area contributed by atoms with E-state index in [2.05, 4.69) is 50.4 Å². The average molecular weight is 273 g/mol. The Hall–Kier alpha value is -0.820. The van der Waals surface area contributed by atoms with Crippen molar-refractivity contribution in [2.75, 3.05) is 6.54 Å². The molecule has 1 aromatic carbocycles. The van der Waals surface area contributed by atoms with E-state index in [1.807, 2.05) is 0 Å². The Morgan fingerprint density at radius 2 is 2.00 bits per heavy atom. The smallest absolute Gasteiger partial charge is 0.0136 e. The molecule has 0 heterocycles. The number of likely N-dealkylation sites (N-methyl/N-ethyl adjacent to an activating group) is 1. The molecule has 0 radical (unpaired) electrons. The lowest BCUT2D eigenvalue weighted by atomic mass is 9.77. The van der Waals surface area contributed by atoms with Gasteiger partial charge in [-0.05, 0) is 55.2 Å². The SMILES string of the molecule is CCNC(CCCC(C)C)C1CCCc2ccccc21. The van der Waals surface area contributed by atoms with E-state index >= 15 is 0 Å². The molecule has 2 atom stereocenters. The van der Waals surface area contributed by atoms with E-state index < -0.39 is 0 Å². The Morgan fingerprint density at radius 3 is 2.75 bits per heavy atom. The van der Waals surface area contributed by atoms with Crippen LogP contribution in [0.1, 0.15) is 69.9 Å². The van der Waals surface area contributed by atoms with Crippen molar-refractivity contribution in [3.05, 3.63) is 35.4 Å². The zero-order valence-electron chi connectivity index (χ0n) is 13.5. The lowest BCUT2D eigenvalue weighted by molar-refractivity contribution is 0.360. The summed E-state index contributed by atoms with van der Waals surface area (Å²) in [6.07, 6.45) is 8.02. The van der Waals surface area contributed by atoms with Crippen molar-refractivity contribution in [3.8, 4) is 0 Å². The summed E-state index contributed by atoms with van der Waals surface area (Å²) in [7, 11) is 0. The number of hydrogen-bond acceptors (Lipinski definition) is 1. The molecule has 0 saturated heterocycles. The Bertz CT molecular complexity index is 397. The normalized spacial score (nSPS) is 19.9. The van der Waals surface area contributed by atoms with Crippen molar-refractivity contribution in [1.29, 1.82) is 0 Å². The van der Waals surface area contributed by atoms with Crippen LogP contribution >= 0.6 is 0 Å². The van der Waals surface area contributed by atoms with Crippen LogP contribution in [-0.2, 0) is 6.42 Å². The second kappa shape index (κ2) is 7.83. The Kier molecular flexibility index (Phi) is 6.09. The molecule has 0 fully saturated rings. The van der Waals surface area contributed by atoms with E-state index in [4.69, 9.17) is 0 Å². The molecular formula is C19H31N. The molecule has 2 rings (SSSR count). The standard InChI is InChI=1S/C19H31N/c1-4-20-19(14-7-9-15(2)3)18-13-8-11-16-10-5-6-12-17(16)18/h5-6,10,12,15,18-20H,4,7-9,11,13-14H2,1-3H3. The number of hydrogen-bond donors (Lipinski definition) is 1. The zero-order chi connectivity index (χ0) is 14.4. The van der Waals surface area contributed by atoms with E-state index in [1.54, 1.807) is 11.1 Å². The molecule has 0 amide bonds. The van der Waals surface area contributed by atoms with Crippen LogP contribution in [0.25, 0.3) is 0 Å². The summed E-state index contributed by atoms with van der Waals surface area (Å²) in [6.45, 7) is 7.99. The lowest BCUT2D eigenvalue weighted by Gasteiger charge is -2.33. The fourth-order valence-corrected chi connectivity index (χ4v) is 3.66. The molecule has 0 aliphatic heterocycles. The molecule has 0 spiro atoms. The molecule has 1 aromatic rings. The van der Waals surface area contributed by atoms with Crippen molar-refractivity contribution in [2.24, 2.45) is 5.92 Å². The quantitative estimate of drug-likeness (QED) is 0.744. The fourth-order valence-electron chi connectivity index (χ4n) is 3.66. The summed E-state index contributed by atoms with van der Waals surface area (Å²) < 4.78 is 0. The molecule has 1 N–H and O–H groups in total. The highest BCUT2D eigenvalue weighted by atomic mass is 14.9. The number of fused-ring (bicyclic) bond motifs is 1. The minimum Gasteiger partial charge on any atom is -0.314 e. The minimum atomic E-state index is 0.667. The minimum absolute atomic E-state index is 0.667. The summed E-state index contributed by atoms with van der Waals surface area (Å²) in [6, 6.07) is 9.78. The van der Waals surface area contributed by atoms with Gasteiger partial charge in [-0.1, -0.05) is 57.9 Å². The number of benzene rings is 1. The third-order valence-corrected chi connectivity index (χ3v) is 4.66. The van der Waals surface area contributed by atoms with Crippen LogP contribution in [0.15, 0.2) is 24.3 Å². The summed E-state index contributed by atoms with van der Waals surface area (Å²) >= 11 is 0. The van der Waals surface area contributed by atoms with Crippen LogP contribution in [0.5, 0.6) is 0 Å². The number of nitrogens with one attached hydrogen (secondary N) is 1. The molecule has 112 valence electrons. The second-order valence-corrected chi connectivity index (χ2v) is 6.69. The molecule has 1 heteroatoms. The highest BCUT2D eigenvalue weighted by molar-refractivity contribution is 5.33. The first kappa shape index (κ1) is 15.6.